The van der Waals surface area contributed by atoms with Gasteiger partial charge in [-0.25, -0.2) is 0 Å². The average molecular weight is 277 g/mol. The summed E-state index contributed by atoms with van der Waals surface area (Å²) >= 11 is 0. The quantitative estimate of drug-likeness (QED) is 0.696. The van der Waals surface area contributed by atoms with E-state index in [4.69, 9.17) is 0 Å². The molecule has 0 atom stereocenters. The van der Waals surface area contributed by atoms with E-state index >= 15 is 0 Å². The number of rotatable bonds is 2. The predicted molar refractivity (Wildman–Crippen MR) is 85.9 cm³/mol. The van der Waals surface area contributed by atoms with E-state index in [0.717, 1.165) is 22.8 Å². The van der Waals surface area contributed by atoms with Crippen LogP contribution in [0.3, 0.4) is 0 Å². The monoisotopic (exact) mass is 277 g/mol. The van der Waals surface area contributed by atoms with Crippen molar-refractivity contribution in [3.63, 3.8) is 0 Å². The van der Waals surface area contributed by atoms with Crippen LogP contribution in [0.15, 0.2) is 60.7 Å². The fraction of sp³-hybridized carbons (Fsp3) is 0.222. The van der Waals surface area contributed by atoms with Crippen molar-refractivity contribution in [2.24, 2.45) is 0 Å². The molecule has 106 valence electrons. The van der Waals surface area contributed by atoms with Gasteiger partial charge in [0.15, 0.2) is 11.6 Å². The minimum Gasteiger partial charge on any atom is -0.302 e. The molecule has 0 aliphatic heterocycles. The van der Waals surface area contributed by atoms with E-state index in [1.165, 1.54) is 0 Å². The molecule has 2 aromatic carbocycles. The first kappa shape index (κ1) is 13.6. The van der Waals surface area contributed by atoms with Crippen molar-refractivity contribution in [2.75, 3.05) is 0 Å². The van der Waals surface area contributed by atoms with Crippen molar-refractivity contribution in [3.05, 3.63) is 60.7 Å². The van der Waals surface area contributed by atoms with Gasteiger partial charge in [0.25, 0.3) is 0 Å². The van der Waals surface area contributed by atoms with Crippen LogP contribution in [0.2, 0.25) is 0 Å². The van der Waals surface area contributed by atoms with Gasteiger partial charge < -0.3 is 4.57 Å². The fourth-order valence-electron chi connectivity index (χ4n) is 2.47. The van der Waals surface area contributed by atoms with Crippen LogP contribution in [0.1, 0.15) is 20.8 Å². The number of hydrogen-bond acceptors (Lipinski definition) is 2. The van der Waals surface area contributed by atoms with Gasteiger partial charge >= 0.3 is 0 Å². The summed E-state index contributed by atoms with van der Waals surface area (Å²) in [7, 11) is 0. The maximum Gasteiger partial charge on any atom is 0.164 e. The van der Waals surface area contributed by atoms with Gasteiger partial charge in [0.1, 0.15) is 0 Å². The molecule has 0 radical (unpaired) electrons. The lowest BCUT2D eigenvalue weighted by atomic mass is 10.1. The highest BCUT2D eigenvalue weighted by atomic mass is 15.3. The fourth-order valence-corrected chi connectivity index (χ4v) is 2.47. The van der Waals surface area contributed by atoms with Gasteiger partial charge in [-0.3, -0.25) is 0 Å². The van der Waals surface area contributed by atoms with E-state index in [1.54, 1.807) is 0 Å². The Balaban J connectivity index is 2.23. The van der Waals surface area contributed by atoms with Crippen LogP contribution in [-0.2, 0) is 5.54 Å². The first-order valence-electron chi connectivity index (χ1n) is 7.14. The van der Waals surface area contributed by atoms with Gasteiger partial charge in [-0.2, -0.15) is 0 Å². The van der Waals surface area contributed by atoms with E-state index in [2.05, 4.69) is 59.8 Å². The standard InChI is InChI=1S/C18H19N3/c1-18(2,3)21-16(14-10-6-4-7-11-14)19-20-17(21)15-12-8-5-9-13-15/h4-13H,1-3H3. The van der Waals surface area contributed by atoms with Gasteiger partial charge in [0, 0.05) is 16.7 Å². The summed E-state index contributed by atoms with van der Waals surface area (Å²) in [5, 5.41) is 8.88. The Morgan fingerprint density at radius 2 is 1.05 bits per heavy atom. The molecular formula is C18H19N3. The molecule has 3 heteroatoms. The third kappa shape index (κ3) is 2.59. The number of benzene rings is 2. The molecular weight excluding hydrogens is 258 g/mol. The van der Waals surface area contributed by atoms with Crippen LogP contribution in [0, 0.1) is 0 Å². The van der Waals surface area contributed by atoms with E-state index in [1.807, 2.05) is 36.4 Å². The molecule has 0 aliphatic carbocycles. The highest BCUT2D eigenvalue weighted by molar-refractivity contribution is 5.63. The zero-order valence-electron chi connectivity index (χ0n) is 12.6. The second-order valence-corrected chi connectivity index (χ2v) is 6.09. The molecule has 3 rings (SSSR count). The Hall–Kier alpha value is -2.42. The first-order valence-corrected chi connectivity index (χ1v) is 7.14. The van der Waals surface area contributed by atoms with Gasteiger partial charge in [0.05, 0.1) is 0 Å². The van der Waals surface area contributed by atoms with Crippen molar-refractivity contribution in [1.29, 1.82) is 0 Å². The highest BCUT2D eigenvalue weighted by Gasteiger charge is 2.24. The molecule has 3 aromatic rings. The predicted octanol–water partition coefficient (Wildman–Crippen LogP) is 4.37. The van der Waals surface area contributed by atoms with Gasteiger partial charge in [0.2, 0.25) is 0 Å². The molecule has 0 spiro atoms. The molecule has 0 unspecified atom stereocenters. The molecule has 1 aromatic heterocycles. The van der Waals surface area contributed by atoms with E-state index < -0.39 is 0 Å². The largest absolute Gasteiger partial charge is 0.302 e. The van der Waals surface area contributed by atoms with Crippen molar-refractivity contribution in [1.82, 2.24) is 14.8 Å². The molecule has 0 saturated heterocycles. The molecule has 0 saturated carbocycles. The summed E-state index contributed by atoms with van der Waals surface area (Å²) in [5.41, 5.74) is 2.07. The molecule has 0 aliphatic rings. The van der Waals surface area contributed by atoms with Gasteiger partial charge in [-0.05, 0) is 20.8 Å². The molecule has 0 fully saturated rings. The van der Waals surface area contributed by atoms with Crippen LogP contribution in [0.4, 0.5) is 0 Å². The minimum atomic E-state index is -0.0974. The summed E-state index contributed by atoms with van der Waals surface area (Å²) in [6.45, 7) is 6.53. The highest BCUT2D eigenvalue weighted by Crippen LogP contribution is 2.30. The lowest BCUT2D eigenvalue weighted by Gasteiger charge is -2.25. The Bertz CT molecular complexity index is 665. The summed E-state index contributed by atoms with van der Waals surface area (Å²) in [5.74, 6) is 1.81. The zero-order valence-corrected chi connectivity index (χ0v) is 12.6. The van der Waals surface area contributed by atoms with E-state index in [0.29, 0.717) is 0 Å². The summed E-state index contributed by atoms with van der Waals surface area (Å²) < 4.78 is 2.21. The van der Waals surface area contributed by atoms with Crippen LogP contribution >= 0.6 is 0 Å². The zero-order chi connectivity index (χ0) is 14.9. The van der Waals surface area contributed by atoms with E-state index in [-0.39, 0.29) is 5.54 Å². The van der Waals surface area contributed by atoms with E-state index in [9.17, 15) is 0 Å². The van der Waals surface area contributed by atoms with Gasteiger partial charge in [-0.1, -0.05) is 60.7 Å². The molecule has 1 heterocycles. The van der Waals surface area contributed by atoms with Crippen LogP contribution < -0.4 is 0 Å². The van der Waals surface area contributed by atoms with Crippen LogP contribution in [0.5, 0.6) is 0 Å². The first-order chi connectivity index (χ1) is 10.1. The Morgan fingerprint density at radius 3 is 1.38 bits per heavy atom. The van der Waals surface area contributed by atoms with Crippen molar-refractivity contribution < 1.29 is 0 Å². The number of hydrogen-bond donors (Lipinski definition) is 0. The molecule has 0 amide bonds. The summed E-state index contributed by atoms with van der Waals surface area (Å²) in [6.07, 6.45) is 0. The maximum absolute atomic E-state index is 4.44. The number of nitrogens with zero attached hydrogens (tertiary/aromatic N) is 3. The molecule has 21 heavy (non-hydrogen) atoms. The summed E-state index contributed by atoms with van der Waals surface area (Å²) in [4.78, 5) is 0. The van der Waals surface area contributed by atoms with Crippen molar-refractivity contribution in [2.45, 2.75) is 26.3 Å². The van der Waals surface area contributed by atoms with Gasteiger partial charge in [-0.15, -0.1) is 10.2 Å². The Kier molecular flexibility index (Phi) is 3.34. The third-order valence-electron chi connectivity index (χ3n) is 3.40. The van der Waals surface area contributed by atoms with Crippen molar-refractivity contribution >= 4 is 0 Å². The average Bonchev–Trinajstić information content (AvgIpc) is 2.94. The third-order valence-corrected chi connectivity index (χ3v) is 3.40. The number of aromatic nitrogens is 3. The molecule has 0 bridgehead atoms. The smallest absolute Gasteiger partial charge is 0.164 e. The molecule has 0 N–H and O–H groups in total. The van der Waals surface area contributed by atoms with Crippen LogP contribution in [0.25, 0.3) is 22.8 Å². The van der Waals surface area contributed by atoms with Crippen molar-refractivity contribution in [3.8, 4) is 22.8 Å². The summed E-state index contributed by atoms with van der Waals surface area (Å²) in [6, 6.07) is 20.4. The SMILES string of the molecule is CC(C)(C)n1c(-c2ccccc2)nnc1-c1ccccc1. The van der Waals surface area contributed by atoms with Crippen LogP contribution in [-0.4, -0.2) is 14.8 Å². The normalized spacial score (nSPS) is 11.6. The minimum absolute atomic E-state index is 0.0974. The Labute approximate surface area is 125 Å². The Morgan fingerprint density at radius 1 is 0.667 bits per heavy atom. The lowest BCUT2D eigenvalue weighted by Crippen LogP contribution is -2.23. The maximum atomic E-state index is 4.44. The second-order valence-electron chi connectivity index (χ2n) is 6.09. The second kappa shape index (κ2) is 5.17. The topological polar surface area (TPSA) is 30.7 Å². The molecule has 3 nitrogen and oxygen atoms in total. The lowest BCUT2D eigenvalue weighted by molar-refractivity contribution is 0.404.